The van der Waals surface area contributed by atoms with E-state index >= 15 is 0 Å². The fraction of sp³-hybridized carbons (Fsp3) is 0.100. The number of hydrogen-bond acceptors (Lipinski definition) is 2. The van der Waals surface area contributed by atoms with Crippen LogP contribution in [0.25, 0.3) is 11.3 Å². The van der Waals surface area contributed by atoms with Crippen molar-refractivity contribution < 1.29 is 5.21 Å². The van der Waals surface area contributed by atoms with Crippen LogP contribution < -0.4 is 5.36 Å². The lowest BCUT2D eigenvalue weighted by Gasteiger charge is -2.11. The van der Waals surface area contributed by atoms with E-state index in [2.05, 4.69) is 0 Å². The van der Waals surface area contributed by atoms with E-state index in [4.69, 9.17) is 5.41 Å². The topological polar surface area (TPSA) is 49.0 Å². The van der Waals surface area contributed by atoms with Gasteiger partial charge in [0.05, 0.1) is 11.1 Å². The van der Waals surface area contributed by atoms with Gasteiger partial charge in [0.1, 0.15) is 0 Å². The van der Waals surface area contributed by atoms with Gasteiger partial charge in [0.15, 0.2) is 0 Å². The number of pyridine rings is 1. The van der Waals surface area contributed by atoms with Gasteiger partial charge in [0.2, 0.25) is 0 Å². The highest BCUT2D eigenvalue weighted by molar-refractivity contribution is 5.64. The molecule has 0 aromatic heterocycles. The van der Waals surface area contributed by atoms with Crippen LogP contribution in [0.3, 0.4) is 0 Å². The quantitative estimate of drug-likeness (QED) is 0.586. The number of nitrogens with zero attached hydrogens (tertiary/aromatic N) is 1. The lowest BCUT2D eigenvalue weighted by Crippen LogP contribution is -2.06. The van der Waals surface area contributed by atoms with Crippen LogP contribution in [-0.2, 0) is 0 Å². The largest absolute Gasteiger partial charge is 0.428 e. The minimum absolute atomic E-state index is 0.404. The fourth-order valence-electron chi connectivity index (χ4n) is 1.41. The third-order valence-electron chi connectivity index (χ3n) is 2.14. The molecule has 0 radical (unpaired) electrons. The van der Waals surface area contributed by atoms with Crippen molar-refractivity contribution in [3.63, 3.8) is 0 Å². The molecule has 0 unspecified atom stereocenters. The van der Waals surface area contributed by atoms with E-state index in [1.807, 2.05) is 19.1 Å². The van der Waals surface area contributed by atoms with Gasteiger partial charge in [0.25, 0.3) is 0 Å². The number of fused-ring (bicyclic) bond motifs is 1. The highest BCUT2D eigenvalue weighted by atomic mass is 16.5. The maximum absolute atomic E-state index is 9.45. The summed E-state index contributed by atoms with van der Waals surface area (Å²) < 4.78 is 1.04. The van der Waals surface area contributed by atoms with Gasteiger partial charge in [0, 0.05) is 11.8 Å². The molecule has 0 aromatic rings. The smallest absolute Gasteiger partial charge is 0.0888 e. The van der Waals surface area contributed by atoms with E-state index in [1.54, 1.807) is 18.3 Å². The Hall–Kier alpha value is -1.77. The zero-order valence-electron chi connectivity index (χ0n) is 7.28. The SMILES string of the molecule is Cc1ccn(O)c2cc(=N)ccc1-2. The lowest BCUT2D eigenvalue weighted by atomic mass is 10.0. The van der Waals surface area contributed by atoms with Gasteiger partial charge in [-0.15, -0.1) is 0 Å². The van der Waals surface area contributed by atoms with E-state index < -0.39 is 0 Å². The van der Waals surface area contributed by atoms with E-state index in [0.29, 0.717) is 11.1 Å². The zero-order valence-corrected chi connectivity index (χ0v) is 7.28. The lowest BCUT2D eigenvalue weighted by molar-refractivity contribution is 0.189. The maximum Gasteiger partial charge on any atom is 0.0888 e. The number of aromatic nitrogens is 1. The highest BCUT2D eigenvalue weighted by Crippen LogP contribution is 2.21. The van der Waals surface area contributed by atoms with Crippen LogP contribution in [0.2, 0.25) is 0 Å². The molecular weight excluding hydrogens is 164 g/mol. The molecule has 1 aliphatic heterocycles. The number of rotatable bonds is 0. The van der Waals surface area contributed by atoms with Gasteiger partial charge in [-0.05, 0) is 30.7 Å². The van der Waals surface area contributed by atoms with Crippen LogP contribution in [0.5, 0.6) is 0 Å². The van der Waals surface area contributed by atoms with Crippen LogP contribution in [0, 0.1) is 12.3 Å². The highest BCUT2D eigenvalue weighted by Gasteiger charge is 2.06. The summed E-state index contributed by atoms with van der Waals surface area (Å²) in [4.78, 5) is 0. The maximum atomic E-state index is 9.45. The van der Waals surface area contributed by atoms with Gasteiger partial charge >= 0.3 is 0 Å². The van der Waals surface area contributed by atoms with Gasteiger partial charge in [-0.1, -0.05) is 6.07 Å². The Balaban J connectivity index is 2.90. The molecule has 3 heteroatoms. The van der Waals surface area contributed by atoms with E-state index in [1.165, 1.54) is 0 Å². The Labute approximate surface area is 75.7 Å². The number of benzene rings is 1. The van der Waals surface area contributed by atoms with Gasteiger partial charge in [-0.3, -0.25) is 0 Å². The van der Waals surface area contributed by atoms with E-state index in [0.717, 1.165) is 15.9 Å². The van der Waals surface area contributed by atoms with Crippen molar-refractivity contribution >= 4 is 0 Å². The summed E-state index contributed by atoms with van der Waals surface area (Å²) in [6.45, 7) is 1.98. The van der Waals surface area contributed by atoms with Gasteiger partial charge in [-0.2, -0.15) is 4.73 Å². The second kappa shape index (κ2) is 2.62. The van der Waals surface area contributed by atoms with Crippen molar-refractivity contribution in [1.82, 2.24) is 4.73 Å². The molecule has 1 heterocycles. The molecule has 1 aliphatic carbocycles. The summed E-state index contributed by atoms with van der Waals surface area (Å²) in [5, 5.41) is 17.3. The van der Waals surface area contributed by atoms with Crippen LogP contribution in [0.4, 0.5) is 0 Å². The van der Waals surface area contributed by atoms with Crippen molar-refractivity contribution in [2.24, 2.45) is 0 Å². The molecule has 13 heavy (non-hydrogen) atoms. The summed E-state index contributed by atoms with van der Waals surface area (Å²) >= 11 is 0. The van der Waals surface area contributed by atoms with Crippen molar-refractivity contribution in [2.45, 2.75) is 6.92 Å². The van der Waals surface area contributed by atoms with Crippen molar-refractivity contribution in [3.8, 4) is 11.3 Å². The minimum atomic E-state index is 0.404. The second-order valence-corrected chi connectivity index (χ2v) is 3.08. The Kier molecular flexibility index (Phi) is 1.59. The van der Waals surface area contributed by atoms with Crippen molar-refractivity contribution in [2.75, 3.05) is 0 Å². The predicted molar refractivity (Wildman–Crippen MR) is 48.8 cm³/mol. The Morgan fingerprint density at radius 3 is 2.85 bits per heavy atom. The molecule has 0 amide bonds. The zero-order chi connectivity index (χ0) is 9.42. The molecule has 2 aliphatic rings. The number of hydrogen-bond donors (Lipinski definition) is 2. The monoisotopic (exact) mass is 174 g/mol. The minimum Gasteiger partial charge on any atom is -0.428 e. The third kappa shape index (κ3) is 1.18. The molecule has 3 nitrogen and oxygen atoms in total. The van der Waals surface area contributed by atoms with Crippen LogP contribution in [0.15, 0.2) is 30.5 Å². The molecule has 0 fully saturated rings. The summed E-state index contributed by atoms with van der Waals surface area (Å²) in [7, 11) is 0. The first kappa shape index (κ1) is 7.86. The van der Waals surface area contributed by atoms with Crippen LogP contribution >= 0.6 is 0 Å². The Bertz CT molecular complexity index is 473. The van der Waals surface area contributed by atoms with Gasteiger partial charge in [-0.25, -0.2) is 0 Å². The van der Waals surface area contributed by atoms with Crippen molar-refractivity contribution in [3.05, 3.63) is 41.4 Å². The van der Waals surface area contributed by atoms with E-state index in [-0.39, 0.29) is 0 Å². The number of nitrogens with one attached hydrogen (secondary N) is 1. The molecule has 0 spiro atoms. The van der Waals surface area contributed by atoms with Crippen LogP contribution in [0.1, 0.15) is 5.56 Å². The van der Waals surface area contributed by atoms with E-state index in [9.17, 15) is 5.21 Å². The third-order valence-corrected chi connectivity index (χ3v) is 2.14. The molecule has 0 bridgehead atoms. The van der Waals surface area contributed by atoms with Crippen molar-refractivity contribution in [1.29, 1.82) is 5.41 Å². The number of aryl methyl sites for hydroxylation is 1. The Morgan fingerprint density at radius 2 is 2.08 bits per heavy atom. The second-order valence-electron chi connectivity index (χ2n) is 3.08. The van der Waals surface area contributed by atoms with Crippen LogP contribution in [-0.4, -0.2) is 9.94 Å². The molecule has 0 saturated carbocycles. The molecule has 2 N–H and O–H groups in total. The summed E-state index contributed by atoms with van der Waals surface area (Å²) in [5.41, 5.74) is 2.74. The summed E-state index contributed by atoms with van der Waals surface area (Å²) in [5.74, 6) is 0. The molecular formula is C10H10N2O. The first-order valence-corrected chi connectivity index (χ1v) is 4.04. The average molecular weight is 174 g/mol. The molecule has 66 valence electrons. The standard InChI is InChI=1S/C10H10N2O/c1-7-4-5-12(13)10-6-8(11)2-3-9(7)10/h2-6,11,13H,1H3. The first-order chi connectivity index (χ1) is 6.18. The summed E-state index contributed by atoms with van der Waals surface area (Å²) in [6, 6.07) is 7.04. The normalized spacial score (nSPS) is 10.5. The molecule has 2 rings (SSSR count). The fourth-order valence-corrected chi connectivity index (χ4v) is 1.41. The molecule has 0 aromatic carbocycles. The molecule has 0 atom stereocenters. The first-order valence-electron chi connectivity index (χ1n) is 4.04. The average Bonchev–Trinajstić information content (AvgIpc) is 2.12. The van der Waals surface area contributed by atoms with Gasteiger partial charge < -0.3 is 10.6 Å². The Morgan fingerprint density at radius 1 is 1.31 bits per heavy atom. The predicted octanol–water partition coefficient (Wildman–Crippen LogP) is 1.62. The molecule has 0 saturated heterocycles. The summed E-state index contributed by atoms with van der Waals surface area (Å²) in [6.07, 6.45) is 1.58.